The first-order valence-corrected chi connectivity index (χ1v) is 15.2. The lowest BCUT2D eigenvalue weighted by atomic mass is 9.98. The van der Waals surface area contributed by atoms with Crippen LogP contribution in [-0.2, 0) is 10.0 Å². The first-order chi connectivity index (χ1) is 19.0. The van der Waals surface area contributed by atoms with Crippen molar-refractivity contribution >= 4 is 27.3 Å². The number of hydrogen-bond acceptors (Lipinski definition) is 8. The van der Waals surface area contributed by atoms with Gasteiger partial charge in [-0.1, -0.05) is 6.92 Å². The monoisotopic (exact) mass is 575 g/mol. The lowest BCUT2D eigenvalue weighted by Gasteiger charge is -2.33. The number of benzene rings is 1. The van der Waals surface area contributed by atoms with Gasteiger partial charge in [0.05, 0.1) is 41.3 Å². The van der Waals surface area contributed by atoms with Crippen LogP contribution in [0, 0.1) is 12.8 Å². The van der Waals surface area contributed by atoms with E-state index in [1.54, 1.807) is 27.9 Å². The van der Waals surface area contributed by atoms with E-state index in [2.05, 4.69) is 31.6 Å². The largest absolute Gasteiger partial charge is 0.395 e. The lowest BCUT2D eigenvalue weighted by Crippen LogP contribution is -2.40. The van der Waals surface area contributed by atoms with Gasteiger partial charge in [-0.2, -0.15) is 5.10 Å². The maximum atomic E-state index is 13.7. The number of nitrogens with one attached hydrogen (secondary N) is 1. The molecule has 2 aliphatic heterocycles. The second kappa shape index (κ2) is 11.3. The third kappa shape index (κ3) is 6.52. The summed E-state index contributed by atoms with van der Waals surface area (Å²) in [5.41, 5.74) is 4.18. The fourth-order valence-electron chi connectivity index (χ4n) is 5.10. The molecule has 0 amide bonds. The number of nitrogens with zero attached hydrogens (tertiary/aromatic N) is 6. The van der Waals surface area contributed by atoms with E-state index in [4.69, 9.17) is 5.11 Å². The van der Waals surface area contributed by atoms with Crippen LogP contribution in [0.4, 0.5) is 26.1 Å². The Morgan fingerprint density at radius 3 is 2.48 bits per heavy atom. The Bertz CT molecular complexity index is 1450. The van der Waals surface area contributed by atoms with Crippen molar-refractivity contribution in [2.45, 2.75) is 45.5 Å². The smallest absolute Gasteiger partial charge is 0.251 e. The van der Waals surface area contributed by atoms with Crippen LogP contribution in [0.1, 0.15) is 38.3 Å². The van der Waals surface area contributed by atoms with Crippen LogP contribution < -0.4 is 14.5 Å². The zero-order valence-electron chi connectivity index (χ0n) is 22.7. The molecule has 5 rings (SSSR count). The third-order valence-electron chi connectivity index (χ3n) is 7.48. The molecule has 0 radical (unpaired) electrons. The molecular formula is C27H35F2N7O3S. The number of sulfonamides is 1. The number of alkyl halides is 2. The topological polar surface area (TPSA) is 116 Å². The molecule has 216 valence electrons. The summed E-state index contributed by atoms with van der Waals surface area (Å²) in [5.74, 6) is -1.99. The van der Waals surface area contributed by atoms with Crippen molar-refractivity contribution in [3.63, 3.8) is 0 Å². The van der Waals surface area contributed by atoms with Crippen LogP contribution in [0.3, 0.4) is 0 Å². The lowest BCUT2D eigenvalue weighted by molar-refractivity contribution is -0.0222. The molecule has 1 aromatic carbocycles. The molecule has 10 nitrogen and oxygen atoms in total. The molecule has 0 spiro atoms. The number of halogens is 2. The first-order valence-electron chi connectivity index (χ1n) is 13.6. The van der Waals surface area contributed by atoms with Crippen molar-refractivity contribution in [3.8, 4) is 16.9 Å². The molecule has 2 aromatic heterocycles. The molecule has 4 heterocycles. The van der Waals surface area contributed by atoms with Crippen molar-refractivity contribution in [1.29, 1.82) is 0 Å². The highest BCUT2D eigenvalue weighted by Crippen LogP contribution is 2.33. The molecule has 0 bridgehead atoms. The average Bonchev–Trinajstić information content (AvgIpc) is 3.39. The van der Waals surface area contributed by atoms with Gasteiger partial charge in [0.25, 0.3) is 5.92 Å². The molecule has 3 aromatic rings. The predicted octanol–water partition coefficient (Wildman–Crippen LogP) is 3.84. The summed E-state index contributed by atoms with van der Waals surface area (Å²) in [5, 5.41) is 13.7. The molecule has 0 aliphatic carbocycles. The van der Waals surface area contributed by atoms with Gasteiger partial charge in [-0.05, 0) is 49.9 Å². The Morgan fingerprint density at radius 1 is 1.05 bits per heavy atom. The molecule has 2 saturated heterocycles. The molecule has 2 aliphatic rings. The minimum Gasteiger partial charge on any atom is -0.395 e. The van der Waals surface area contributed by atoms with E-state index in [1.807, 2.05) is 25.3 Å². The summed E-state index contributed by atoms with van der Waals surface area (Å²) in [6, 6.07) is 7.16. The Kier molecular flexibility index (Phi) is 7.96. The average molecular weight is 576 g/mol. The van der Waals surface area contributed by atoms with Crippen LogP contribution >= 0.6 is 0 Å². The van der Waals surface area contributed by atoms with Crippen LogP contribution in [0.15, 0.2) is 36.7 Å². The van der Waals surface area contributed by atoms with Crippen molar-refractivity contribution < 1.29 is 22.3 Å². The standard InChI is InChI=1S/C27H35F2N7O3S/c1-19-5-9-34(10-6-19)25-16-22(33-40(38,39)14-13-37)3-4-24(25)36-18-21(17-30-36)23-15-20(2)31-26(32-23)35-11-7-27(28,29)8-12-35/h3-4,15-19,33,37H,5-14H2,1-2H3. The number of aryl methyl sites for hydroxylation is 1. The Balaban J connectivity index is 1.46. The number of anilines is 3. The van der Waals surface area contributed by atoms with Gasteiger partial charge in [0.15, 0.2) is 0 Å². The number of piperidine rings is 2. The summed E-state index contributed by atoms with van der Waals surface area (Å²) in [4.78, 5) is 13.2. The van der Waals surface area contributed by atoms with Gasteiger partial charge in [0, 0.05) is 56.5 Å². The van der Waals surface area contributed by atoms with Crippen molar-refractivity contribution in [2.75, 3.05) is 53.1 Å². The quantitative estimate of drug-likeness (QED) is 0.416. The van der Waals surface area contributed by atoms with E-state index >= 15 is 0 Å². The van der Waals surface area contributed by atoms with Crippen LogP contribution in [-0.4, -0.2) is 77.7 Å². The summed E-state index contributed by atoms with van der Waals surface area (Å²) in [6.45, 7) is 5.67. The fraction of sp³-hybridized carbons (Fsp3) is 0.519. The number of rotatable bonds is 8. The Morgan fingerprint density at radius 2 is 1.77 bits per heavy atom. The molecule has 0 unspecified atom stereocenters. The second-order valence-corrected chi connectivity index (χ2v) is 12.6. The van der Waals surface area contributed by atoms with E-state index in [1.165, 1.54) is 0 Å². The number of aliphatic hydroxyl groups excluding tert-OH is 1. The zero-order valence-corrected chi connectivity index (χ0v) is 23.5. The number of aromatic nitrogens is 4. The van der Waals surface area contributed by atoms with Crippen LogP contribution in [0.25, 0.3) is 16.9 Å². The van der Waals surface area contributed by atoms with Gasteiger partial charge in [-0.25, -0.2) is 31.8 Å². The highest BCUT2D eigenvalue weighted by atomic mass is 32.2. The van der Waals surface area contributed by atoms with Gasteiger partial charge < -0.3 is 14.9 Å². The van der Waals surface area contributed by atoms with Crippen molar-refractivity contribution in [1.82, 2.24) is 19.7 Å². The van der Waals surface area contributed by atoms with Crippen LogP contribution in [0.2, 0.25) is 0 Å². The molecule has 2 fully saturated rings. The highest BCUT2D eigenvalue weighted by molar-refractivity contribution is 7.92. The Labute approximate surface area is 233 Å². The van der Waals surface area contributed by atoms with Gasteiger partial charge in [-0.3, -0.25) is 4.72 Å². The molecule has 2 N–H and O–H groups in total. The fourth-order valence-corrected chi connectivity index (χ4v) is 5.93. The molecule has 40 heavy (non-hydrogen) atoms. The number of aliphatic hydroxyl groups is 1. The SMILES string of the molecule is Cc1cc(-c2cnn(-c3ccc(NS(=O)(=O)CCO)cc3N3CCC(C)CC3)c2)nc(N2CCC(F)(F)CC2)n1. The summed E-state index contributed by atoms with van der Waals surface area (Å²) in [6.07, 6.45) is 5.17. The maximum Gasteiger partial charge on any atom is 0.251 e. The first kappa shape index (κ1) is 28.2. The second-order valence-electron chi connectivity index (χ2n) is 10.7. The van der Waals surface area contributed by atoms with E-state index in [0.29, 0.717) is 23.2 Å². The van der Waals surface area contributed by atoms with E-state index in [9.17, 15) is 17.2 Å². The van der Waals surface area contributed by atoms with Gasteiger partial charge in [0.1, 0.15) is 0 Å². The number of hydrogen-bond donors (Lipinski definition) is 2. The Hall–Kier alpha value is -3.32. The summed E-state index contributed by atoms with van der Waals surface area (Å²) >= 11 is 0. The van der Waals surface area contributed by atoms with Gasteiger partial charge >= 0.3 is 0 Å². The molecule has 0 atom stereocenters. The minimum absolute atomic E-state index is 0.196. The van der Waals surface area contributed by atoms with Crippen molar-refractivity contribution in [3.05, 3.63) is 42.4 Å². The normalized spacial score (nSPS) is 18.2. The molecule has 13 heteroatoms. The maximum absolute atomic E-state index is 13.7. The van der Waals surface area contributed by atoms with Gasteiger partial charge in [0.2, 0.25) is 16.0 Å². The molecular weight excluding hydrogens is 540 g/mol. The van der Waals surface area contributed by atoms with Crippen LogP contribution in [0.5, 0.6) is 0 Å². The molecule has 0 saturated carbocycles. The summed E-state index contributed by atoms with van der Waals surface area (Å²) < 4.78 is 56.2. The van der Waals surface area contributed by atoms with Crippen molar-refractivity contribution in [2.24, 2.45) is 5.92 Å². The third-order valence-corrected chi connectivity index (χ3v) is 8.75. The van der Waals surface area contributed by atoms with E-state index in [0.717, 1.165) is 48.6 Å². The summed E-state index contributed by atoms with van der Waals surface area (Å²) in [7, 11) is -3.68. The van der Waals surface area contributed by atoms with Gasteiger partial charge in [-0.15, -0.1) is 0 Å². The van der Waals surface area contributed by atoms with E-state index in [-0.39, 0.29) is 31.7 Å². The predicted molar refractivity (Wildman–Crippen MR) is 151 cm³/mol. The highest BCUT2D eigenvalue weighted by Gasteiger charge is 2.35. The van der Waals surface area contributed by atoms with E-state index < -0.39 is 22.6 Å². The minimum atomic E-state index is -3.68. The zero-order chi connectivity index (χ0) is 28.5.